The average molecular weight is 326 g/mol. The van der Waals surface area contributed by atoms with E-state index >= 15 is 0 Å². The molecule has 1 atom stereocenters. The molecule has 23 heavy (non-hydrogen) atoms. The number of unbranched alkanes of at least 4 members (excludes halogenated alkanes) is 13. The summed E-state index contributed by atoms with van der Waals surface area (Å²) in [6.45, 7) is 5.08. The van der Waals surface area contributed by atoms with Crippen molar-refractivity contribution in [2.75, 3.05) is 6.54 Å². The van der Waals surface area contributed by atoms with Gasteiger partial charge in [0.05, 0.1) is 6.54 Å². The van der Waals surface area contributed by atoms with Gasteiger partial charge in [-0.05, 0) is 18.8 Å². The summed E-state index contributed by atoms with van der Waals surface area (Å²) in [5.74, 6) is 0.559. The van der Waals surface area contributed by atoms with Crippen LogP contribution in [0, 0.1) is 10.8 Å². The minimum atomic E-state index is 0.548. The topological polar surface area (TPSA) is 29.4 Å². The molecule has 0 aliphatic heterocycles. The van der Waals surface area contributed by atoms with Gasteiger partial charge in [-0.1, -0.05) is 115 Å². The van der Waals surface area contributed by atoms with Gasteiger partial charge in [0.1, 0.15) is 0 Å². The molecule has 2 heteroatoms. The standard InChI is InChI=1S/C21H43NO/c1-3-5-7-9-11-12-13-15-17-19-21(20-22-23)18-16-14-10-8-6-4-2/h21H,3-20H2,1-2H3. The second-order valence-electron chi connectivity index (χ2n) is 7.35. The Morgan fingerprint density at radius 2 is 0.913 bits per heavy atom. The fourth-order valence-corrected chi connectivity index (χ4v) is 3.39. The maximum absolute atomic E-state index is 10.6. The second-order valence-corrected chi connectivity index (χ2v) is 7.35. The van der Waals surface area contributed by atoms with Gasteiger partial charge in [-0.25, -0.2) is 0 Å². The summed E-state index contributed by atoms with van der Waals surface area (Å²) in [5, 5.41) is 3.17. The van der Waals surface area contributed by atoms with E-state index in [1.807, 2.05) is 0 Å². The lowest BCUT2D eigenvalue weighted by atomic mass is 9.94. The highest BCUT2D eigenvalue weighted by molar-refractivity contribution is 4.63. The Bertz CT molecular complexity index is 230. The third-order valence-electron chi connectivity index (χ3n) is 5.01. The molecule has 0 saturated heterocycles. The Hall–Kier alpha value is -0.400. The lowest BCUT2D eigenvalue weighted by Gasteiger charge is -2.13. The zero-order valence-electron chi connectivity index (χ0n) is 16.2. The first kappa shape index (κ1) is 22.6. The van der Waals surface area contributed by atoms with E-state index in [0.29, 0.717) is 12.5 Å². The summed E-state index contributed by atoms with van der Waals surface area (Å²) in [6, 6.07) is 0. The van der Waals surface area contributed by atoms with E-state index in [1.165, 1.54) is 109 Å². The van der Waals surface area contributed by atoms with Gasteiger partial charge >= 0.3 is 0 Å². The zero-order valence-corrected chi connectivity index (χ0v) is 16.2. The second kappa shape index (κ2) is 19.6. The van der Waals surface area contributed by atoms with Crippen molar-refractivity contribution in [2.45, 2.75) is 123 Å². The molecule has 2 nitrogen and oxygen atoms in total. The molecule has 0 aliphatic rings. The van der Waals surface area contributed by atoms with Crippen molar-refractivity contribution >= 4 is 0 Å². The van der Waals surface area contributed by atoms with Gasteiger partial charge in [0, 0.05) is 0 Å². The Morgan fingerprint density at radius 1 is 0.565 bits per heavy atom. The van der Waals surface area contributed by atoms with Crippen molar-refractivity contribution in [3.8, 4) is 0 Å². The molecule has 0 rings (SSSR count). The molecule has 0 aromatic rings. The van der Waals surface area contributed by atoms with Crippen LogP contribution in [-0.4, -0.2) is 6.54 Å². The van der Waals surface area contributed by atoms with Gasteiger partial charge in [0.2, 0.25) is 0 Å². The number of hydrogen-bond donors (Lipinski definition) is 0. The van der Waals surface area contributed by atoms with Crippen LogP contribution in [0.1, 0.15) is 123 Å². The van der Waals surface area contributed by atoms with Gasteiger partial charge in [0.15, 0.2) is 0 Å². The summed E-state index contributed by atoms with van der Waals surface area (Å²) in [7, 11) is 0. The normalized spacial score (nSPS) is 12.4. The summed E-state index contributed by atoms with van der Waals surface area (Å²) in [6.07, 6.45) is 22.9. The summed E-state index contributed by atoms with van der Waals surface area (Å²) in [5.41, 5.74) is 0. The van der Waals surface area contributed by atoms with Crippen LogP contribution in [0.4, 0.5) is 0 Å². The summed E-state index contributed by atoms with van der Waals surface area (Å²) >= 11 is 0. The Balaban J connectivity index is 3.43. The van der Waals surface area contributed by atoms with E-state index in [2.05, 4.69) is 19.0 Å². The van der Waals surface area contributed by atoms with Crippen molar-refractivity contribution < 1.29 is 0 Å². The van der Waals surface area contributed by atoms with E-state index < -0.39 is 0 Å². The molecular formula is C21H43NO. The highest BCUT2D eigenvalue weighted by Gasteiger charge is 2.08. The van der Waals surface area contributed by atoms with E-state index in [4.69, 9.17) is 0 Å². The molecule has 0 aromatic heterocycles. The predicted molar refractivity (Wildman–Crippen MR) is 104 cm³/mol. The molecule has 0 spiro atoms. The van der Waals surface area contributed by atoms with Crippen LogP contribution in [0.15, 0.2) is 5.18 Å². The fraction of sp³-hybridized carbons (Fsp3) is 1.00. The van der Waals surface area contributed by atoms with E-state index in [9.17, 15) is 4.91 Å². The Morgan fingerprint density at radius 3 is 1.26 bits per heavy atom. The Labute approximate surface area is 146 Å². The first-order valence-electron chi connectivity index (χ1n) is 10.6. The first-order chi connectivity index (χ1) is 11.3. The third-order valence-corrected chi connectivity index (χ3v) is 5.01. The van der Waals surface area contributed by atoms with Gasteiger partial charge in [0.25, 0.3) is 0 Å². The highest BCUT2D eigenvalue weighted by atomic mass is 16.3. The SMILES string of the molecule is CCCCCCCCCCCC(CCCCCCCC)CN=O. The van der Waals surface area contributed by atoms with Crippen LogP contribution < -0.4 is 0 Å². The molecule has 138 valence electrons. The number of rotatable bonds is 19. The minimum Gasteiger partial charge on any atom is -0.151 e. The number of nitrogens with zero attached hydrogens (tertiary/aromatic N) is 1. The van der Waals surface area contributed by atoms with Crippen molar-refractivity contribution in [1.29, 1.82) is 0 Å². The highest BCUT2D eigenvalue weighted by Crippen LogP contribution is 2.19. The van der Waals surface area contributed by atoms with Crippen molar-refractivity contribution in [1.82, 2.24) is 0 Å². The van der Waals surface area contributed by atoms with Gasteiger partial charge < -0.3 is 0 Å². The lowest BCUT2D eigenvalue weighted by Crippen LogP contribution is -2.04. The molecule has 0 amide bonds. The van der Waals surface area contributed by atoms with Crippen LogP contribution in [-0.2, 0) is 0 Å². The first-order valence-corrected chi connectivity index (χ1v) is 10.6. The summed E-state index contributed by atoms with van der Waals surface area (Å²) < 4.78 is 0. The van der Waals surface area contributed by atoms with Crippen LogP contribution in [0.3, 0.4) is 0 Å². The summed E-state index contributed by atoms with van der Waals surface area (Å²) in [4.78, 5) is 10.6. The minimum absolute atomic E-state index is 0.548. The van der Waals surface area contributed by atoms with Crippen molar-refractivity contribution in [2.24, 2.45) is 11.1 Å². The van der Waals surface area contributed by atoms with E-state index in [-0.39, 0.29) is 0 Å². The smallest absolute Gasteiger partial charge is 0.0839 e. The van der Waals surface area contributed by atoms with Crippen LogP contribution >= 0.6 is 0 Å². The molecule has 0 bridgehead atoms. The lowest BCUT2D eigenvalue weighted by molar-refractivity contribution is 0.410. The van der Waals surface area contributed by atoms with Crippen molar-refractivity contribution in [3.05, 3.63) is 4.91 Å². The molecule has 1 unspecified atom stereocenters. The maximum Gasteiger partial charge on any atom is 0.0839 e. The third kappa shape index (κ3) is 17.8. The van der Waals surface area contributed by atoms with Crippen LogP contribution in [0.2, 0.25) is 0 Å². The molecule has 0 N–H and O–H groups in total. The quantitative estimate of drug-likeness (QED) is 0.174. The molecule has 0 radical (unpaired) electrons. The maximum atomic E-state index is 10.6. The fourth-order valence-electron chi connectivity index (χ4n) is 3.39. The molecule has 0 aliphatic carbocycles. The van der Waals surface area contributed by atoms with E-state index in [1.54, 1.807) is 0 Å². The van der Waals surface area contributed by atoms with Gasteiger partial charge in [-0.2, -0.15) is 4.91 Å². The molecular weight excluding hydrogens is 282 g/mol. The van der Waals surface area contributed by atoms with Gasteiger partial charge in [-0.3, -0.25) is 0 Å². The largest absolute Gasteiger partial charge is 0.151 e. The van der Waals surface area contributed by atoms with E-state index in [0.717, 1.165) is 0 Å². The predicted octanol–water partition coefficient (Wildman–Crippen LogP) is 8.04. The Kier molecular flexibility index (Phi) is 19.3. The molecule has 0 saturated carbocycles. The zero-order chi connectivity index (χ0) is 17.0. The van der Waals surface area contributed by atoms with Crippen molar-refractivity contribution in [3.63, 3.8) is 0 Å². The average Bonchev–Trinajstić information content (AvgIpc) is 2.56. The number of hydrogen-bond acceptors (Lipinski definition) is 2. The van der Waals surface area contributed by atoms with Crippen LogP contribution in [0.25, 0.3) is 0 Å². The monoisotopic (exact) mass is 325 g/mol. The van der Waals surface area contributed by atoms with Crippen LogP contribution in [0.5, 0.6) is 0 Å². The molecule has 0 aromatic carbocycles. The van der Waals surface area contributed by atoms with Gasteiger partial charge in [-0.15, -0.1) is 0 Å². The molecule has 0 fully saturated rings. The molecule has 0 heterocycles. The number of nitroso groups, excluding NO2 is 1.